The van der Waals surface area contributed by atoms with Crippen molar-refractivity contribution in [2.45, 2.75) is 20.3 Å². The van der Waals surface area contributed by atoms with Gasteiger partial charge in [-0.3, -0.25) is 4.79 Å². The van der Waals surface area contributed by atoms with Gasteiger partial charge in [0, 0.05) is 15.8 Å². The van der Waals surface area contributed by atoms with Crippen LogP contribution in [0.5, 0.6) is 0 Å². The summed E-state index contributed by atoms with van der Waals surface area (Å²) in [7, 11) is 0. The van der Waals surface area contributed by atoms with E-state index in [2.05, 4.69) is 21.2 Å². The van der Waals surface area contributed by atoms with Crippen molar-refractivity contribution in [3.8, 4) is 0 Å². The van der Waals surface area contributed by atoms with Gasteiger partial charge in [-0.2, -0.15) is 0 Å². The standard InChI is InChI=1S/C16H17BrN2O/c1-10-7-11(2)15(9-14(10)18)19-16(20)8-12-3-5-13(17)6-4-12/h3-7,9H,8,18H2,1-2H3,(H,19,20). The van der Waals surface area contributed by atoms with Crippen LogP contribution in [-0.2, 0) is 11.2 Å². The second-order valence-corrected chi connectivity index (χ2v) is 5.79. The number of rotatable bonds is 3. The Labute approximate surface area is 127 Å². The molecule has 1 amide bonds. The van der Waals surface area contributed by atoms with Gasteiger partial charge >= 0.3 is 0 Å². The van der Waals surface area contributed by atoms with Gasteiger partial charge in [0.25, 0.3) is 0 Å². The summed E-state index contributed by atoms with van der Waals surface area (Å²) in [6.45, 7) is 3.91. The van der Waals surface area contributed by atoms with Gasteiger partial charge in [0.2, 0.25) is 5.91 Å². The van der Waals surface area contributed by atoms with Crippen LogP contribution in [0.4, 0.5) is 11.4 Å². The van der Waals surface area contributed by atoms with Crippen LogP contribution in [0.1, 0.15) is 16.7 Å². The fourth-order valence-corrected chi connectivity index (χ4v) is 2.25. The maximum Gasteiger partial charge on any atom is 0.228 e. The smallest absolute Gasteiger partial charge is 0.228 e. The molecule has 0 saturated carbocycles. The van der Waals surface area contributed by atoms with E-state index in [9.17, 15) is 4.79 Å². The summed E-state index contributed by atoms with van der Waals surface area (Å²) < 4.78 is 1.00. The van der Waals surface area contributed by atoms with Gasteiger partial charge in [-0.25, -0.2) is 0 Å². The summed E-state index contributed by atoms with van der Waals surface area (Å²) in [5.74, 6) is -0.0429. The molecule has 0 heterocycles. The lowest BCUT2D eigenvalue weighted by Gasteiger charge is -2.11. The molecule has 0 aromatic heterocycles. The summed E-state index contributed by atoms with van der Waals surface area (Å²) >= 11 is 3.38. The Hall–Kier alpha value is -1.81. The van der Waals surface area contributed by atoms with E-state index < -0.39 is 0 Å². The summed E-state index contributed by atoms with van der Waals surface area (Å²) in [6.07, 6.45) is 0.348. The number of carbonyl (C=O) groups excluding carboxylic acids is 1. The predicted molar refractivity (Wildman–Crippen MR) is 86.8 cm³/mol. The van der Waals surface area contributed by atoms with Gasteiger partial charge in [0.05, 0.1) is 6.42 Å². The fraction of sp³-hybridized carbons (Fsp3) is 0.188. The average Bonchev–Trinajstić information content (AvgIpc) is 2.39. The molecule has 0 bridgehead atoms. The van der Waals surface area contributed by atoms with Crippen LogP contribution in [0.25, 0.3) is 0 Å². The average molecular weight is 333 g/mol. The first-order valence-electron chi connectivity index (χ1n) is 6.36. The van der Waals surface area contributed by atoms with Gasteiger partial charge in [-0.1, -0.05) is 34.1 Å². The highest BCUT2D eigenvalue weighted by atomic mass is 79.9. The number of aryl methyl sites for hydroxylation is 2. The molecule has 0 aliphatic heterocycles. The van der Waals surface area contributed by atoms with Crippen molar-refractivity contribution in [2.24, 2.45) is 0 Å². The van der Waals surface area contributed by atoms with Crippen molar-refractivity contribution < 1.29 is 4.79 Å². The molecule has 0 fully saturated rings. The summed E-state index contributed by atoms with van der Waals surface area (Å²) in [6, 6.07) is 11.5. The van der Waals surface area contributed by atoms with E-state index >= 15 is 0 Å². The molecular weight excluding hydrogens is 316 g/mol. The molecule has 3 nitrogen and oxygen atoms in total. The number of hydrogen-bond acceptors (Lipinski definition) is 2. The SMILES string of the molecule is Cc1cc(C)c(NC(=O)Cc2ccc(Br)cc2)cc1N. The van der Waals surface area contributed by atoms with Crippen molar-refractivity contribution in [2.75, 3.05) is 11.1 Å². The molecule has 3 N–H and O–H groups in total. The topological polar surface area (TPSA) is 55.1 Å². The fourth-order valence-electron chi connectivity index (χ4n) is 1.99. The Balaban J connectivity index is 2.08. The first-order valence-corrected chi connectivity index (χ1v) is 7.16. The second-order valence-electron chi connectivity index (χ2n) is 4.88. The zero-order valence-electron chi connectivity index (χ0n) is 11.5. The lowest BCUT2D eigenvalue weighted by molar-refractivity contribution is -0.115. The third-order valence-corrected chi connectivity index (χ3v) is 3.69. The molecule has 20 heavy (non-hydrogen) atoms. The second kappa shape index (κ2) is 6.09. The number of hydrogen-bond donors (Lipinski definition) is 2. The molecule has 2 rings (SSSR count). The third-order valence-electron chi connectivity index (χ3n) is 3.17. The van der Waals surface area contributed by atoms with Gasteiger partial charge in [0.1, 0.15) is 0 Å². The number of nitrogens with two attached hydrogens (primary N) is 1. The molecule has 2 aromatic rings. The normalized spacial score (nSPS) is 10.3. The minimum absolute atomic E-state index is 0.0429. The largest absolute Gasteiger partial charge is 0.398 e. The van der Waals surface area contributed by atoms with E-state index in [-0.39, 0.29) is 5.91 Å². The number of halogens is 1. The van der Waals surface area contributed by atoms with Crippen molar-refractivity contribution in [3.05, 3.63) is 57.6 Å². The van der Waals surface area contributed by atoms with E-state index in [1.807, 2.05) is 50.2 Å². The first-order chi connectivity index (χ1) is 9.45. The van der Waals surface area contributed by atoms with Crippen LogP contribution in [0.2, 0.25) is 0 Å². The molecule has 0 saturated heterocycles. The number of amides is 1. The lowest BCUT2D eigenvalue weighted by atomic mass is 10.1. The minimum atomic E-state index is -0.0429. The molecule has 0 unspecified atom stereocenters. The Bertz CT molecular complexity index is 636. The van der Waals surface area contributed by atoms with E-state index in [4.69, 9.17) is 5.73 Å². The quantitative estimate of drug-likeness (QED) is 0.839. The van der Waals surface area contributed by atoms with E-state index in [1.165, 1.54) is 0 Å². The third kappa shape index (κ3) is 3.61. The van der Waals surface area contributed by atoms with Crippen LogP contribution < -0.4 is 11.1 Å². The number of benzene rings is 2. The lowest BCUT2D eigenvalue weighted by Crippen LogP contribution is -2.15. The van der Waals surface area contributed by atoms with Gasteiger partial charge < -0.3 is 11.1 Å². The molecular formula is C16H17BrN2O. The molecule has 4 heteroatoms. The van der Waals surface area contributed by atoms with Crippen molar-refractivity contribution >= 4 is 33.2 Å². The maximum absolute atomic E-state index is 12.1. The predicted octanol–water partition coefficient (Wildman–Crippen LogP) is 3.83. The molecule has 104 valence electrons. The first kappa shape index (κ1) is 14.6. The number of nitrogen functional groups attached to an aromatic ring is 1. The van der Waals surface area contributed by atoms with Gasteiger partial charge in [-0.15, -0.1) is 0 Å². The van der Waals surface area contributed by atoms with Crippen LogP contribution in [-0.4, -0.2) is 5.91 Å². The molecule has 0 radical (unpaired) electrons. The van der Waals surface area contributed by atoms with E-state index in [1.54, 1.807) is 0 Å². The van der Waals surface area contributed by atoms with Crippen molar-refractivity contribution in [1.29, 1.82) is 0 Å². The highest BCUT2D eigenvalue weighted by Gasteiger charge is 2.08. The van der Waals surface area contributed by atoms with Gasteiger partial charge in [0.15, 0.2) is 0 Å². The zero-order valence-corrected chi connectivity index (χ0v) is 13.1. The van der Waals surface area contributed by atoms with E-state index in [0.717, 1.165) is 26.9 Å². The van der Waals surface area contributed by atoms with Crippen molar-refractivity contribution in [3.63, 3.8) is 0 Å². The molecule has 0 aliphatic rings. The Morgan fingerprint density at radius 3 is 2.45 bits per heavy atom. The highest BCUT2D eigenvalue weighted by Crippen LogP contribution is 2.22. The van der Waals surface area contributed by atoms with Crippen LogP contribution in [0.3, 0.4) is 0 Å². The highest BCUT2D eigenvalue weighted by molar-refractivity contribution is 9.10. The monoisotopic (exact) mass is 332 g/mol. The number of anilines is 2. The van der Waals surface area contributed by atoms with Crippen LogP contribution in [0.15, 0.2) is 40.9 Å². The van der Waals surface area contributed by atoms with E-state index in [0.29, 0.717) is 12.1 Å². The van der Waals surface area contributed by atoms with Gasteiger partial charge in [-0.05, 0) is 48.7 Å². The van der Waals surface area contributed by atoms with Crippen LogP contribution in [0, 0.1) is 13.8 Å². The summed E-state index contributed by atoms with van der Waals surface area (Å²) in [5, 5.41) is 2.91. The molecule has 0 spiro atoms. The Morgan fingerprint density at radius 1 is 1.15 bits per heavy atom. The summed E-state index contributed by atoms with van der Waals surface area (Å²) in [4.78, 5) is 12.1. The Morgan fingerprint density at radius 2 is 1.80 bits per heavy atom. The zero-order chi connectivity index (χ0) is 14.7. The Kier molecular flexibility index (Phi) is 4.45. The summed E-state index contributed by atoms with van der Waals surface area (Å²) in [5.41, 5.74) is 10.4. The van der Waals surface area contributed by atoms with Crippen LogP contribution >= 0.6 is 15.9 Å². The van der Waals surface area contributed by atoms with Crippen molar-refractivity contribution in [1.82, 2.24) is 0 Å². The molecule has 0 aliphatic carbocycles. The molecule has 0 atom stereocenters. The number of carbonyl (C=O) groups is 1. The maximum atomic E-state index is 12.1. The molecule has 2 aromatic carbocycles. The number of nitrogens with one attached hydrogen (secondary N) is 1. The minimum Gasteiger partial charge on any atom is -0.398 e.